The Kier molecular flexibility index (Phi) is 3.79. The monoisotopic (exact) mass is 250 g/mol. The van der Waals surface area contributed by atoms with Crippen molar-refractivity contribution >= 4 is 11.3 Å². The number of hydrogen-bond donors (Lipinski definition) is 0. The predicted octanol–water partition coefficient (Wildman–Crippen LogP) is 4.34. The van der Waals surface area contributed by atoms with Gasteiger partial charge >= 0.3 is 0 Å². The average Bonchev–Trinajstić information content (AvgIpc) is 2.79. The molecule has 1 aromatic heterocycles. The zero-order valence-corrected chi connectivity index (χ0v) is 10.8. The normalized spacial score (nSPS) is 10.5. The molecule has 0 aliphatic carbocycles. The molecule has 0 unspecified atom stereocenters. The fraction of sp³-hybridized carbons (Fsp3) is 0.286. The van der Waals surface area contributed by atoms with Crippen LogP contribution in [0.15, 0.2) is 30.3 Å². The number of hydrogen-bond acceptors (Lipinski definition) is 2. The van der Waals surface area contributed by atoms with E-state index in [1.807, 2.05) is 0 Å². The molecular weight excluding hydrogens is 235 g/mol. The lowest BCUT2D eigenvalue weighted by Crippen LogP contribution is -1.94. The molecule has 17 heavy (non-hydrogen) atoms. The third-order valence-corrected chi connectivity index (χ3v) is 3.79. The third-order valence-electron chi connectivity index (χ3n) is 2.59. The van der Waals surface area contributed by atoms with Crippen molar-refractivity contribution in [2.24, 2.45) is 0 Å². The summed E-state index contributed by atoms with van der Waals surface area (Å²) < 4.78 is 18.8. The summed E-state index contributed by atoms with van der Waals surface area (Å²) >= 11 is 1.74. The van der Waals surface area contributed by atoms with Gasteiger partial charge in [-0.15, -0.1) is 11.3 Å². The maximum atomic E-state index is 13.3. The molecule has 0 radical (unpaired) electrons. The van der Waals surface area contributed by atoms with Crippen molar-refractivity contribution in [1.82, 2.24) is 0 Å². The summed E-state index contributed by atoms with van der Waals surface area (Å²) in [6.45, 7) is 4.38. The van der Waals surface area contributed by atoms with Gasteiger partial charge in [-0.1, -0.05) is 13.0 Å². The van der Waals surface area contributed by atoms with Crippen molar-refractivity contribution in [3.05, 3.63) is 51.5 Å². The van der Waals surface area contributed by atoms with E-state index in [0.717, 1.165) is 6.42 Å². The van der Waals surface area contributed by atoms with Gasteiger partial charge in [0.25, 0.3) is 0 Å². The van der Waals surface area contributed by atoms with Crippen LogP contribution in [-0.2, 0) is 13.0 Å². The van der Waals surface area contributed by atoms with Crippen molar-refractivity contribution in [2.45, 2.75) is 26.9 Å². The predicted molar refractivity (Wildman–Crippen MR) is 69.2 cm³/mol. The summed E-state index contributed by atoms with van der Waals surface area (Å²) in [5.74, 6) is 0.363. The minimum Gasteiger partial charge on any atom is -0.488 e. The first-order chi connectivity index (χ1) is 8.19. The molecular formula is C14H15FOS. The van der Waals surface area contributed by atoms with Gasteiger partial charge in [0.2, 0.25) is 0 Å². The molecule has 0 aliphatic heterocycles. The Labute approximate surface area is 105 Å². The van der Waals surface area contributed by atoms with Crippen LogP contribution < -0.4 is 4.74 Å². The van der Waals surface area contributed by atoms with Crippen LogP contribution in [0.25, 0.3) is 0 Å². The van der Waals surface area contributed by atoms with Crippen LogP contribution in [0.1, 0.15) is 22.2 Å². The van der Waals surface area contributed by atoms with Crippen molar-refractivity contribution in [2.75, 3.05) is 0 Å². The number of thiophene rings is 1. The lowest BCUT2D eigenvalue weighted by Gasteiger charge is -2.05. The van der Waals surface area contributed by atoms with Gasteiger partial charge in [-0.05, 0) is 37.1 Å². The van der Waals surface area contributed by atoms with E-state index in [1.54, 1.807) is 30.4 Å². The van der Waals surface area contributed by atoms with Crippen LogP contribution in [0.4, 0.5) is 4.39 Å². The largest absolute Gasteiger partial charge is 0.488 e. The minimum absolute atomic E-state index is 0.220. The Morgan fingerprint density at radius 3 is 2.59 bits per heavy atom. The molecule has 0 N–H and O–H groups in total. The summed E-state index contributed by atoms with van der Waals surface area (Å²) in [7, 11) is 0. The first-order valence-electron chi connectivity index (χ1n) is 5.65. The van der Waals surface area contributed by atoms with Gasteiger partial charge in [0.1, 0.15) is 18.2 Å². The van der Waals surface area contributed by atoms with Gasteiger partial charge in [-0.25, -0.2) is 4.39 Å². The number of rotatable bonds is 4. The minimum atomic E-state index is -0.220. The van der Waals surface area contributed by atoms with Gasteiger partial charge < -0.3 is 4.74 Å². The van der Waals surface area contributed by atoms with E-state index in [1.165, 1.54) is 15.8 Å². The van der Waals surface area contributed by atoms with E-state index >= 15 is 0 Å². The van der Waals surface area contributed by atoms with Gasteiger partial charge in [-0.2, -0.15) is 0 Å². The molecule has 0 fully saturated rings. The zero-order valence-electron chi connectivity index (χ0n) is 10.00. The Balaban J connectivity index is 1.99. The molecule has 1 nitrogen and oxygen atoms in total. The summed E-state index contributed by atoms with van der Waals surface area (Å²) in [4.78, 5) is 2.52. The molecule has 0 aliphatic rings. The van der Waals surface area contributed by atoms with Crippen LogP contribution in [0.2, 0.25) is 0 Å². The summed E-state index contributed by atoms with van der Waals surface area (Å²) in [6.07, 6.45) is 1.05. The average molecular weight is 250 g/mol. The fourth-order valence-corrected chi connectivity index (χ4v) is 2.38. The second kappa shape index (κ2) is 5.32. The highest BCUT2D eigenvalue weighted by molar-refractivity contribution is 7.11. The molecule has 0 bridgehead atoms. The van der Waals surface area contributed by atoms with Crippen LogP contribution >= 0.6 is 11.3 Å². The van der Waals surface area contributed by atoms with Gasteiger partial charge in [0.15, 0.2) is 0 Å². The number of aryl methyl sites for hydroxylation is 2. The first-order valence-corrected chi connectivity index (χ1v) is 6.47. The SMILES string of the molecule is CCc1ccc(COc2ccc(C)c(F)c2)s1. The molecule has 0 spiro atoms. The van der Waals surface area contributed by atoms with E-state index in [4.69, 9.17) is 4.74 Å². The van der Waals surface area contributed by atoms with Crippen molar-refractivity contribution in [3.8, 4) is 5.75 Å². The van der Waals surface area contributed by atoms with E-state index in [9.17, 15) is 4.39 Å². The topological polar surface area (TPSA) is 9.23 Å². The number of benzene rings is 1. The van der Waals surface area contributed by atoms with Crippen molar-refractivity contribution in [3.63, 3.8) is 0 Å². The molecule has 0 saturated carbocycles. The Hall–Kier alpha value is -1.35. The third kappa shape index (κ3) is 3.07. The molecule has 2 rings (SSSR count). The van der Waals surface area contributed by atoms with Gasteiger partial charge in [0.05, 0.1) is 0 Å². The Morgan fingerprint density at radius 2 is 1.94 bits per heavy atom. The molecule has 0 saturated heterocycles. The zero-order chi connectivity index (χ0) is 12.3. The van der Waals surface area contributed by atoms with Gasteiger partial charge in [-0.3, -0.25) is 0 Å². The summed E-state index contributed by atoms with van der Waals surface area (Å²) in [5, 5.41) is 0. The van der Waals surface area contributed by atoms with E-state index in [-0.39, 0.29) is 5.82 Å². The van der Waals surface area contributed by atoms with Crippen LogP contribution in [0.5, 0.6) is 5.75 Å². The van der Waals surface area contributed by atoms with Crippen LogP contribution in [-0.4, -0.2) is 0 Å². The maximum absolute atomic E-state index is 13.3. The van der Waals surface area contributed by atoms with Crippen LogP contribution in [0, 0.1) is 12.7 Å². The van der Waals surface area contributed by atoms with Crippen molar-refractivity contribution < 1.29 is 9.13 Å². The molecule has 3 heteroatoms. The van der Waals surface area contributed by atoms with E-state index in [0.29, 0.717) is 17.9 Å². The first kappa shape index (κ1) is 12.1. The fourth-order valence-electron chi connectivity index (χ4n) is 1.51. The lowest BCUT2D eigenvalue weighted by atomic mass is 10.2. The van der Waals surface area contributed by atoms with E-state index in [2.05, 4.69) is 19.1 Å². The molecule has 0 atom stereocenters. The quantitative estimate of drug-likeness (QED) is 0.784. The maximum Gasteiger partial charge on any atom is 0.129 e. The van der Waals surface area contributed by atoms with Gasteiger partial charge in [0, 0.05) is 15.8 Å². The Bertz CT molecular complexity index is 505. The summed E-state index contributed by atoms with van der Waals surface area (Å²) in [6, 6.07) is 9.14. The highest BCUT2D eigenvalue weighted by Crippen LogP contribution is 2.21. The molecule has 2 aromatic rings. The highest BCUT2D eigenvalue weighted by atomic mass is 32.1. The highest BCUT2D eigenvalue weighted by Gasteiger charge is 2.02. The molecule has 90 valence electrons. The summed E-state index contributed by atoms with van der Waals surface area (Å²) in [5.41, 5.74) is 0.641. The van der Waals surface area contributed by atoms with E-state index < -0.39 is 0 Å². The van der Waals surface area contributed by atoms with Crippen molar-refractivity contribution in [1.29, 1.82) is 0 Å². The molecule has 1 aromatic carbocycles. The smallest absolute Gasteiger partial charge is 0.129 e. The number of ether oxygens (including phenoxy) is 1. The van der Waals surface area contributed by atoms with Crippen LogP contribution in [0.3, 0.4) is 0 Å². The molecule has 0 amide bonds. The lowest BCUT2D eigenvalue weighted by molar-refractivity contribution is 0.308. The number of halogens is 1. The second-order valence-electron chi connectivity index (χ2n) is 3.92. The Morgan fingerprint density at radius 1 is 1.18 bits per heavy atom. The molecule has 1 heterocycles. The standard InChI is InChI=1S/C14H15FOS/c1-3-12-6-7-13(17-12)9-16-11-5-4-10(2)14(15)8-11/h4-8H,3,9H2,1-2H3. The second-order valence-corrected chi connectivity index (χ2v) is 5.17.